The summed E-state index contributed by atoms with van der Waals surface area (Å²) in [6, 6.07) is 45.4. The van der Waals surface area contributed by atoms with Crippen LogP contribution in [-0.4, -0.2) is 55.3 Å². The number of aromatic amines is 2. The van der Waals surface area contributed by atoms with Gasteiger partial charge in [-0.05, 0) is 78.9 Å². The van der Waals surface area contributed by atoms with Crippen molar-refractivity contribution in [3.05, 3.63) is 174 Å². The highest BCUT2D eigenvalue weighted by atomic mass is 16.5. The fourth-order valence-corrected chi connectivity index (χ4v) is 9.61. The SMILES string of the molecule is CC(C)(C)C(=O)Nc1ccccc1-c1c2nc(c(-c3ccccc3NC(=O)C(C)(C)C)c3ccc([nH]3)c(-c3ccccc3NC(=O)C(C)(C)C)c3nc(c(-c4ccccc4NC(=O)COc4ccccc4CO)c4ccc1[nH]4)C=C3)C=C2. The molecule has 0 radical (unpaired) electrons. The number of carbonyl (C=O) groups is 4. The average Bonchev–Trinajstić information content (AvgIpc) is 3.88. The van der Waals surface area contributed by atoms with E-state index in [0.29, 0.717) is 123 Å². The summed E-state index contributed by atoms with van der Waals surface area (Å²) in [5.41, 5.74) is 11.0. The minimum atomic E-state index is -0.716. The van der Waals surface area contributed by atoms with Crippen molar-refractivity contribution in [1.29, 1.82) is 0 Å². The summed E-state index contributed by atoms with van der Waals surface area (Å²) in [5.74, 6) is -0.537. The van der Waals surface area contributed by atoms with Gasteiger partial charge in [0, 0.05) is 111 Å². The molecule has 5 aromatic carbocycles. The lowest BCUT2D eigenvalue weighted by Gasteiger charge is -2.20. The molecular formula is C68H66N8O6. The largest absolute Gasteiger partial charge is 0.483 e. The molecule has 4 amide bonds. The Hall–Kier alpha value is -9.66. The Labute approximate surface area is 476 Å². The van der Waals surface area contributed by atoms with Gasteiger partial charge in [-0.1, -0.05) is 153 Å². The van der Waals surface area contributed by atoms with Gasteiger partial charge in [-0.3, -0.25) is 19.2 Å². The number of nitrogens with one attached hydrogen (secondary N) is 6. The monoisotopic (exact) mass is 1090 g/mol. The Morgan fingerprint density at radius 3 is 1.02 bits per heavy atom. The van der Waals surface area contributed by atoms with Gasteiger partial charge in [0.2, 0.25) is 17.7 Å². The molecule has 7 N–H and O–H groups in total. The van der Waals surface area contributed by atoms with Crippen LogP contribution in [0.3, 0.4) is 0 Å². The first kappa shape index (κ1) is 55.6. The van der Waals surface area contributed by atoms with Gasteiger partial charge in [-0.2, -0.15) is 0 Å². The van der Waals surface area contributed by atoms with Crippen molar-refractivity contribution < 1.29 is 29.0 Å². The van der Waals surface area contributed by atoms with Crippen molar-refractivity contribution in [1.82, 2.24) is 19.9 Å². The first-order valence-corrected chi connectivity index (χ1v) is 27.3. The molecule has 0 saturated heterocycles. The number of rotatable bonds is 12. The molecule has 8 aromatic rings. The number of fused-ring (bicyclic) bond motifs is 8. The zero-order chi connectivity index (χ0) is 58.1. The highest BCUT2D eigenvalue weighted by molar-refractivity contribution is 6.08. The molecule has 82 heavy (non-hydrogen) atoms. The number of anilines is 4. The van der Waals surface area contributed by atoms with E-state index in [1.807, 2.05) is 208 Å². The number of aliphatic hydroxyl groups excluding tert-OH is 1. The van der Waals surface area contributed by atoms with Crippen molar-refractivity contribution in [2.75, 3.05) is 27.9 Å². The normalized spacial score (nSPS) is 12.2. The van der Waals surface area contributed by atoms with Crippen LogP contribution < -0.4 is 26.0 Å². The smallest absolute Gasteiger partial charge is 0.262 e. The molecule has 3 aromatic heterocycles. The van der Waals surface area contributed by atoms with E-state index in [9.17, 15) is 24.3 Å². The molecule has 14 heteroatoms. The summed E-state index contributed by atoms with van der Waals surface area (Å²) in [6.07, 6.45) is 7.80. The van der Waals surface area contributed by atoms with Gasteiger partial charge in [-0.25, -0.2) is 9.97 Å². The fraction of sp³-hybridized carbons (Fsp3) is 0.206. The predicted molar refractivity (Wildman–Crippen MR) is 331 cm³/mol. The van der Waals surface area contributed by atoms with E-state index >= 15 is 0 Å². The summed E-state index contributed by atoms with van der Waals surface area (Å²) in [7, 11) is 0. The maximum Gasteiger partial charge on any atom is 0.262 e. The van der Waals surface area contributed by atoms with E-state index in [2.05, 4.69) is 31.2 Å². The summed E-state index contributed by atoms with van der Waals surface area (Å²) < 4.78 is 5.94. The summed E-state index contributed by atoms with van der Waals surface area (Å²) in [6.45, 7) is 16.2. The molecule has 0 saturated carbocycles. The number of para-hydroxylation sites is 5. The van der Waals surface area contributed by atoms with Crippen LogP contribution in [0.15, 0.2) is 146 Å². The first-order valence-electron chi connectivity index (χ1n) is 27.3. The molecule has 0 atom stereocenters. The average molecular weight is 1090 g/mol. The second-order valence-corrected chi connectivity index (χ2v) is 23.4. The molecule has 8 bridgehead atoms. The lowest BCUT2D eigenvalue weighted by atomic mass is 9.94. The Kier molecular flexibility index (Phi) is 15.2. The quantitative estimate of drug-likeness (QED) is 0.0626. The number of amides is 4. The zero-order valence-corrected chi connectivity index (χ0v) is 47.5. The van der Waals surface area contributed by atoms with Gasteiger partial charge in [0.05, 0.1) is 29.4 Å². The third kappa shape index (κ3) is 11.7. The number of benzene rings is 5. The number of hydrogen-bond acceptors (Lipinski definition) is 8. The Bertz CT molecular complexity index is 4020. The molecule has 0 spiro atoms. The Morgan fingerprint density at radius 2 is 0.707 bits per heavy atom. The highest BCUT2D eigenvalue weighted by Crippen LogP contribution is 2.43. The van der Waals surface area contributed by atoms with Crippen LogP contribution in [0.4, 0.5) is 22.7 Å². The first-order chi connectivity index (χ1) is 39.2. The van der Waals surface area contributed by atoms with Crippen LogP contribution in [0.5, 0.6) is 5.75 Å². The Balaban J connectivity index is 1.31. The fourth-order valence-electron chi connectivity index (χ4n) is 9.61. The van der Waals surface area contributed by atoms with Crippen LogP contribution in [0, 0.1) is 16.2 Å². The maximum atomic E-state index is 14.0. The number of aromatic nitrogens is 4. The van der Waals surface area contributed by atoms with Crippen molar-refractivity contribution in [3.63, 3.8) is 0 Å². The van der Waals surface area contributed by atoms with Gasteiger partial charge in [-0.15, -0.1) is 0 Å². The van der Waals surface area contributed by atoms with E-state index in [-0.39, 0.29) is 30.9 Å². The number of H-pyrrole nitrogens is 2. The molecular weight excluding hydrogens is 1020 g/mol. The van der Waals surface area contributed by atoms with E-state index in [0.717, 1.165) is 0 Å². The van der Waals surface area contributed by atoms with Crippen molar-refractivity contribution in [3.8, 4) is 50.3 Å². The van der Waals surface area contributed by atoms with Gasteiger partial charge in [0.25, 0.3) is 5.91 Å². The third-order valence-corrected chi connectivity index (χ3v) is 14.1. The number of nitrogens with zero attached hydrogens (tertiary/aromatic N) is 2. The van der Waals surface area contributed by atoms with Gasteiger partial charge in [0.1, 0.15) is 5.75 Å². The topological polar surface area (TPSA) is 203 Å². The van der Waals surface area contributed by atoms with Crippen LogP contribution in [-0.2, 0) is 25.8 Å². The molecule has 2 aliphatic rings. The van der Waals surface area contributed by atoms with Gasteiger partial charge < -0.3 is 41.1 Å². The lowest BCUT2D eigenvalue weighted by molar-refractivity contribution is -0.123. The molecule has 14 nitrogen and oxygen atoms in total. The van der Waals surface area contributed by atoms with E-state index in [4.69, 9.17) is 14.7 Å². The van der Waals surface area contributed by atoms with Crippen LogP contribution in [0.1, 0.15) is 90.7 Å². The third-order valence-electron chi connectivity index (χ3n) is 14.1. The highest BCUT2D eigenvalue weighted by Gasteiger charge is 2.28. The molecule has 0 fully saturated rings. The van der Waals surface area contributed by atoms with Gasteiger partial charge in [0.15, 0.2) is 6.61 Å². The second-order valence-electron chi connectivity index (χ2n) is 23.4. The van der Waals surface area contributed by atoms with Crippen LogP contribution in [0.2, 0.25) is 0 Å². The predicted octanol–water partition coefficient (Wildman–Crippen LogP) is 14.8. The second kappa shape index (κ2) is 22.5. The molecule has 0 aliphatic carbocycles. The van der Waals surface area contributed by atoms with E-state index in [1.54, 1.807) is 24.3 Å². The minimum Gasteiger partial charge on any atom is -0.483 e. The molecule has 414 valence electrons. The summed E-state index contributed by atoms with van der Waals surface area (Å²) in [5, 5.41) is 22.7. The van der Waals surface area contributed by atoms with Gasteiger partial charge >= 0.3 is 0 Å². The maximum absolute atomic E-state index is 14.0. The Morgan fingerprint density at radius 1 is 0.415 bits per heavy atom. The van der Waals surface area contributed by atoms with Crippen molar-refractivity contribution in [2.24, 2.45) is 16.2 Å². The molecule has 5 heterocycles. The number of carbonyl (C=O) groups excluding carboxylic acids is 4. The van der Waals surface area contributed by atoms with E-state index in [1.165, 1.54) is 0 Å². The summed E-state index contributed by atoms with van der Waals surface area (Å²) >= 11 is 0. The number of ether oxygens (including phenoxy) is 1. The summed E-state index contributed by atoms with van der Waals surface area (Å²) in [4.78, 5) is 74.1. The zero-order valence-electron chi connectivity index (χ0n) is 47.5. The van der Waals surface area contributed by atoms with Crippen molar-refractivity contribution >= 4 is 92.7 Å². The number of aliphatic hydroxyl groups is 1. The standard InChI is InChI=1S/C68H66N8O6/c1-66(2,3)63(79)74-46-26-16-12-22-42(46)60-51-32-30-49(69-51)59(41-21-11-15-25-45(41)73-58(78)39-82-57-29-19-10-20-40(57)38-77)50-31-33-52(70-50)61(43-23-13-17-27-47(43)75-64(80)67(4,5)6)54-35-37-56(72-54)62(55-36-34-53(60)71-55)44-24-14-18-28-48(44)76-65(81)68(7,8)9/h10-37,69,72,77H,38-39H2,1-9H3,(H,73,78)(H,74,79)(H,75,80)(H,76,81). The molecule has 2 aliphatic heterocycles. The molecule has 0 unspecified atom stereocenters. The lowest BCUT2D eigenvalue weighted by Crippen LogP contribution is -2.27. The van der Waals surface area contributed by atoms with Crippen molar-refractivity contribution in [2.45, 2.75) is 68.9 Å². The van der Waals surface area contributed by atoms with Crippen LogP contribution >= 0.6 is 0 Å². The minimum absolute atomic E-state index is 0.164. The molecule has 10 rings (SSSR count). The van der Waals surface area contributed by atoms with Crippen LogP contribution in [0.25, 0.3) is 90.9 Å². The van der Waals surface area contributed by atoms with E-state index < -0.39 is 22.2 Å². The number of hydrogen-bond donors (Lipinski definition) is 7.